The topological polar surface area (TPSA) is 12.0 Å². The third-order valence-electron chi connectivity index (χ3n) is 2.19. The second-order valence-corrected chi connectivity index (χ2v) is 3.94. The van der Waals surface area contributed by atoms with Gasteiger partial charge in [0.15, 0.2) is 0 Å². The molecule has 0 saturated carbocycles. The number of halogens is 1. The summed E-state index contributed by atoms with van der Waals surface area (Å²) in [4.78, 5) is 0. The molecule has 78 valence electrons. The summed E-state index contributed by atoms with van der Waals surface area (Å²) < 4.78 is 0. The maximum atomic E-state index is 5.59. The highest BCUT2D eigenvalue weighted by Crippen LogP contribution is 2.02. The van der Waals surface area contributed by atoms with E-state index in [1.807, 2.05) is 0 Å². The zero-order valence-electron chi connectivity index (χ0n) is 8.72. The fourth-order valence-corrected chi connectivity index (χ4v) is 1.47. The van der Waals surface area contributed by atoms with Crippen molar-refractivity contribution in [3.05, 3.63) is 35.4 Å². The van der Waals surface area contributed by atoms with Crippen molar-refractivity contribution in [1.29, 1.82) is 0 Å². The zero-order valence-corrected chi connectivity index (χ0v) is 9.48. The lowest BCUT2D eigenvalue weighted by molar-refractivity contribution is 0.643. The van der Waals surface area contributed by atoms with E-state index in [-0.39, 0.29) is 0 Å². The number of nitrogens with one attached hydrogen (secondary N) is 1. The minimum absolute atomic E-state index is 0.770. The van der Waals surface area contributed by atoms with Crippen LogP contribution in [0.25, 0.3) is 0 Å². The third kappa shape index (κ3) is 4.64. The molecule has 0 spiro atoms. The molecule has 0 fully saturated rings. The molecule has 0 aliphatic carbocycles. The predicted molar refractivity (Wildman–Crippen MR) is 62.8 cm³/mol. The van der Waals surface area contributed by atoms with E-state index >= 15 is 0 Å². The largest absolute Gasteiger partial charge is 0.313 e. The molecule has 0 aliphatic rings. The van der Waals surface area contributed by atoms with Crippen LogP contribution in [0.5, 0.6) is 0 Å². The number of hydrogen-bond acceptors (Lipinski definition) is 1. The minimum atomic E-state index is 0.770. The third-order valence-corrected chi connectivity index (χ3v) is 2.45. The van der Waals surface area contributed by atoms with Gasteiger partial charge in [0.05, 0.1) is 0 Å². The quantitative estimate of drug-likeness (QED) is 0.563. The molecular formula is C12H18ClN. The maximum Gasteiger partial charge on any atom is 0.0223 e. The Kier molecular flexibility index (Phi) is 5.65. The van der Waals surface area contributed by atoms with Crippen molar-refractivity contribution in [1.82, 2.24) is 5.32 Å². The van der Waals surface area contributed by atoms with Crippen LogP contribution in [-0.2, 0) is 6.54 Å². The molecule has 0 atom stereocenters. The van der Waals surface area contributed by atoms with Gasteiger partial charge in [-0.15, -0.1) is 11.6 Å². The molecular weight excluding hydrogens is 194 g/mol. The minimum Gasteiger partial charge on any atom is -0.313 e. The SMILES string of the molecule is Cc1ccc(CNCCCCCl)cc1. The summed E-state index contributed by atoms with van der Waals surface area (Å²) in [5.41, 5.74) is 2.66. The lowest BCUT2D eigenvalue weighted by atomic mass is 10.1. The number of unbranched alkanes of at least 4 members (excludes halogenated alkanes) is 1. The second kappa shape index (κ2) is 6.86. The molecule has 0 heterocycles. The van der Waals surface area contributed by atoms with Crippen molar-refractivity contribution in [3.63, 3.8) is 0 Å². The van der Waals surface area contributed by atoms with Crippen molar-refractivity contribution in [3.8, 4) is 0 Å². The van der Waals surface area contributed by atoms with Crippen molar-refractivity contribution in [2.45, 2.75) is 26.3 Å². The fourth-order valence-electron chi connectivity index (χ4n) is 1.28. The van der Waals surface area contributed by atoms with Crippen LogP contribution in [0.1, 0.15) is 24.0 Å². The van der Waals surface area contributed by atoms with Gasteiger partial charge in [-0.3, -0.25) is 0 Å². The fraction of sp³-hybridized carbons (Fsp3) is 0.500. The van der Waals surface area contributed by atoms with E-state index in [9.17, 15) is 0 Å². The van der Waals surface area contributed by atoms with Crippen LogP contribution in [0.3, 0.4) is 0 Å². The maximum absolute atomic E-state index is 5.59. The highest BCUT2D eigenvalue weighted by Gasteiger charge is 1.91. The van der Waals surface area contributed by atoms with Gasteiger partial charge in [0.25, 0.3) is 0 Å². The summed E-state index contributed by atoms with van der Waals surface area (Å²) in [6, 6.07) is 8.64. The molecule has 2 heteroatoms. The van der Waals surface area contributed by atoms with Gasteiger partial charge in [0, 0.05) is 12.4 Å². The van der Waals surface area contributed by atoms with Crippen LogP contribution in [-0.4, -0.2) is 12.4 Å². The van der Waals surface area contributed by atoms with Crippen molar-refractivity contribution >= 4 is 11.6 Å². The number of hydrogen-bond donors (Lipinski definition) is 1. The second-order valence-electron chi connectivity index (χ2n) is 3.56. The standard InChI is InChI=1S/C12H18ClN/c1-11-4-6-12(7-5-11)10-14-9-3-2-8-13/h4-7,14H,2-3,8-10H2,1H3. The van der Waals surface area contributed by atoms with E-state index in [2.05, 4.69) is 36.5 Å². The van der Waals surface area contributed by atoms with Gasteiger partial charge in [0.2, 0.25) is 0 Å². The summed E-state index contributed by atoms with van der Waals surface area (Å²) in [6.45, 7) is 4.13. The average Bonchev–Trinajstić information content (AvgIpc) is 2.21. The summed E-state index contributed by atoms with van der Waals surface area (Å²) in [6.07, 6.45) is 2.26. The first-order valence-electron chi connectivity index (χ1n) is 5.15. The van der Waals surface area contributed by atoms with E-state index in [1.54, 1.807) is 0 Å². The normalized spacial score (nSPS) is 10.4. The summed E-state index contributed by atoms with van der Waals surface area (Å²) >= 11 is 5.59. The van der Waals surface area contributed by atoms with Gasteiger partial charge >= 0.3 is 0 Å². The Labute approximate surface area is 91.5 Å². The molecule has 14 heavy (non-hydrogen) atoms. The number of benzene rings is 1. The molecule has 1 rings (SSSR count). The van der Waals surface area contributed by atoms with Crippen LogP contribution < -0.4 is 5.32 Å². The van der Waals surface area contributed by atoms with Crippen LogP contribution in [0.15, 0.2) is 24.3 Å². The smallest absolute Gasteiger partial charge is 0.0223 e. The van der Waals surface area contributed by atoms with Gasteiger partial charge in [0.1, 0.15) is 0 Å². The summed E-state index contributed by atoms with van der Waals surface area (Å²) in [5, 5.41) is 3.40. The monoisotopic (exact) mass is 211 g/mol. The van der Waals surface area contributed by atoms with E-state index < -0.39 is 0 Å². The molecule has 0 bridgehead atoms. The molecule has 1 nitrogen and oxygen atoms in total. The molecule has 1 aromatic rings. The number of aryl methyl sites for hydroxylation is 1. The molecule has 0 saturated heterocycles. The molecule has 0 amide bonds. The molecule has 0 radical (unpaired) electrons. The Balaban J connectivity index is 2.15. The number of rotatable bonds is 6. The Bertz CT molecular complexity index is 243. The van der Waals surface area contributed by atoms with Gasteiger partial charge < -0.3 is 5.32 Å². The lowest BCUT2D eigenvalue weighted by Gasteiger charge is -2.04. The Morgan fingerprint density at radius 1 is 1.14 bits per heavy atom. The molecule has 0 aliphatic heterocycles. The predicted octanol–water partition coefficient (Wildman–Crippen LogP) is 3.10. The zero-order chi connectivity index (χ0) is 10.2. The first-order chi connectivity index (χ1) is 6.83. The van der Waals surface area contributed by atoms with Crippen LogP contribution >= 0.6 is 11.6 Å². The van der Waals surface area contributed by atoms with Crippen LogP contribution in [0.4, 0.5) is 0 Å². The van der Waals surface area contributed by atoms with Gasteiger partial charge in [-0.1, -0.05) is 29.8 Å². The molecule has 1 N–H and O–H groups in total. The van der Waals surface area contributed by atoms with E-state index in [0.29, 0.717) is 0 Å². The molecule has 1 aromatic carbocycles. The van der Waals surface area contributed by atoms with Crippen LogP contribution in [0, 0.1) is 6.92 Å². The van der Waals surface area contributed by atoms with Gasteiger partial charge in [-0.2, -0.15) is 0 Å². The van der Waals surface area contributed by atoms with Crippen molar-refractivity contribution in [2.24, 2.45) is 0 Å². The lowest BCUT2D eigenvalue weighted by Crippen LogP contribution is -2.14. The van der Waals surface area contributed by atoms with Crippen molar-refractivity contribution < 1.29 is 0 Å². The summed E-state index contributed by atoms with van der Waals surface area (Å²) in [5.74, 6) is 0.770. The Morgan fingerprint density at radius 2 is 1.86 bits per heavy atom. The van der Waals surface area contributed by atoms with Gasteiger partial charge in [-0.25, -0.2) is 0 Å². The highest BCUT2D eigenvalue weighted by atomic mass is 35.5. The Hall–Kier alpha value is -0.530. The molecule has 0 aromatic heterocycles. The van der Waals surface area contributed by atoms with Gasteiger partial charge in [-0.05, 0) is 31.9 Å². The summed E-state index contributed by atoms with van der Waals surface area (Å²) in [7, 11) is 0. The van der Waals surface area contributed by atoms with Crippen LogP contribution in [0.2, 0.25) is 0 Å². The highest BCUT2D eigenvalue weighted by molar-refractivity contribution is 6.17. The average molecular weight is 212 g/mol. The van der Waals surface area contributed by atoms with Crippen molar-refractivity contribution in [2.75, 3.05) is 12.4 Å². The van der Waals surface area contributed by atoms with E-state index in [4.69, 9.17) is 11.6 Å². The first kappa shape index (κ1) is 11.5. The number of alkyl halides is 1. The van der Waals surface area contributed by atoms with E-state index in [0.717, 1.165) is 31.8 Å². The van der Waals surface area contributed by atoms with E-state index in [1.165, 1.54) is 11.1 Å². The molecule has 0 unspecified atom stereocenters. The first-order valence-corrected chi connectivity index (χ1v) is 5.68. The Morgan fingerprint density at radius 3 is 2.50 bits per heavy atom.